The van der Waals surface area contributed by atoms with Crippen LogP contribution in [0.2, 0.25) is 0 Å². The molecule has 1 saturated heterocycles. The van der Waals surface area contributed by atoms with E-state index in [1.54, 1.807) is 22.5 Å². The fourth-order valence-electron chi connectivity index (χ4n) is 3.42. The van der Waals surface area contributed by atoms with Crippen LogP contribution in [0.25, 0.3) is 0 Å². The first kappa shape index (κ1) is 18.3. The third kappa shape index (κ3) is 4.10. The van der Waals surface area contributed by atoms with E-state index in [4.69, 9.17) is 9.47 Å². The van der Waals surface area contributed by atoms with Gasteiger partial charge in [-0.2, -0.15) is 4.31 Å². The Bertz CT molecular complexity index is 878. The zero-order valence-electron chi connectivity index (χ0n) is 15.2. The second-order valence-electron chi connectivity index (χ2n) is 6.82. The first-order valence-corrected chi connectivity index (χ1v) is 10.7. The normalized spacial score (nSPS) is 18.8. The van der Waals surface area contributed by atoms with Crippen molar-refractivity contribution in [3.05, 3.63) is 54.1 Å². The van der Waals surface area contributed by atoms with Gasteiger partial charge in [0.2, 0.25) is 10.0 Å². The minimum atomic E-state index is -3.53. The number of fused-ring (bicyclic) bond motifs is 1. The fraction of sp³-hybridized carbons (Fsp3) is 0.400. The van der Waals surface area contributed by atoms with Crippen LogP contribution in [0.4, 0.5) is 0 Å². The molecule has 2 aliphatic rings. The van der Waals surface area contributed by atoms with Gasteiger partial charge in [-0.25, -0.2) is 8.42 Å². The number of ether oxygens (including phenoxy) is 2. The predicted octanol–water partition coefficient (Wildman–Crippen LogP) is 2.35. The van der Waals surface area contributed by atoms with E-state index in [0.29, 0.717) is 37.8 Å². The SMILES string of the molecule is O=S(=O)(c1ccc2c(c1)OCCCO2)N1CCN(Cc2ccccc2)CC1. The van der Waals surface area contributed by atoms with E-state index in [2.05, 4.69) is 17.0 Å². The van der Waals surface area contributed by atoms with Crippen LogP contribution in [-0.4, -0.2) is 57.0 Å². The summed E-state index contributed by atoms with van der Waals surface area (Å²) in [5.74, 6) is 1.12. The molecule has 0 atom stereocenters. The lowest BCUT2D eigenvalue weighted by Gasteiger charge is -2.34. The molecule has 2 aromatic rings. The van der Waals surface area contributed by atoms with Gasteiger partial charge in [0, 0.05) is 45.2 Å². The molecule has 0 spiro atoms. The second kappa shape index (κ2) is 7.88. The highest BCUT2D eigenvalue weighted by atomic mass is 32.2. The van der Waals surface area contributed by atoms with Gasteiger partial charge in [0.1, 0.15) is 0 Å². The van der Waals surface area contributed by atoms with Crippen molar-refractivity contribution in [3.8, 4) is 11.5 Å². The van der Waals surface area contributed by atoms with Crippen molar-refractivity contribution in [2.75, 3.05) is 39.4 Å². The van der Waals surface area contributed by atoms with Crippen LogP contribution in [0.3, 0.4) is 0 Å². The topological polar surface area (TPSA) is 59.1 Å². The third-order valence-corrected chi connectivity index (χ3v) is 6.83. The number of sulfonamides is 1. The highest BCUT2D eigenvalue weighted by Gasteiger charge is 2.29. The standard InChI is InChI=1S/C20H24N2O4S/c23-27(24,18-7-8-19-20(15-18)26-14-4-13-25-19)22-11-9-21(10-12-22)16-17-5-2-1-3-6-17/h1-3,5-8,15H,4,9-14,16H2. The summed E-state index contributed by atoms with van der Waals surface area (Å²) in [6.45, 7) is 4.39. The number of benzene rings is 2. The summed E-state index contributed by atoms with van der Waals surface area (Å²) in [5, 5.41) is 0. The van der Waals surface area contributed by atoms with E-state index < -0.39 is 10.0 Å². The smallest absolute Gasteiger partial charge is 0.243 e. The van der Waals surface area contributed by atoms with Crippen molar-refractivity contribution in [1.29, 1.82) is 0 Å². The Kier molecular flexibility index (Phi) is 5.33. The summed E-state index contributed by atoms with van der Waals surface area (Å²) in [7, 11) is -3.53. The molecule has 0 aliphatic carbocycles. The van der Waals surface area contributed by atoms with Gasteiger partial charge in [-0.15, -0.1) is 0 Å². The predicted molar refractivity (Wildman–Crippen MR) is 103 cm³/mol. The van der Waals surface area contributed by atoms with Crippen molar-refractivity contribution in [2.24, 2.45) is 0 Å². The Balaban J connectivity index is 1.43. The number of nitrogens with zero attached hydrogens (tertiary/aromatic N) is 2. The summed E-state index contributed by atoms with van der Waals surface area (Å²) in [6.07, 6.45) is 0.792. The van der Waals surface area contributed by atoms with Crippen LogP contribution in [0, 0.1) is 0 Å². The zero-order valence-corrected chi connectivity index (χ0v) is 16.0. The summed E-state index contributed by atoms with van der Waals surface area (Å²) in [6, 6.07) is 15.1. The average Bonchev–Trinajstić information content (AvgIpc) is 2.94. The monoisotopic (exact) mass is 388 g/mol. The lowest BCUT2D eigenvalue weighted by atomic mass is 10.2. The van der Waals surface area contributed by atoms with Crippen LogP contribution in [-0.2, 0) is 16.6 Å². The van der Waals surface area contributed by atoms with Crippen molar-refractivity contribution < 1.29 is 17.9 Å². The maximum atomic E-state index is 13.0. The average molecular weight is 388 g/mol. The van der Waals surface area contributed by atoms with Crippen molar-refractivity contribution >= 4 is 10.0 Å². The van der Waals surface area contributed by atoms with Gasteiger partial charge in [0.25, 0.3) is 0 Å². The van der Waals surface area contributed by atoms with Crippen LogP contribution in [0.5, 0.6) is 11.5 Å². The molecule has 1 fully saturated rings. The number of hydrogen-bond acceptors (Lipinski definition) is 5. The maximum absolute atomic E-state index is 13.0. The highest BCUT2D eigenvalue weighted by Crippen LogP contribution is 2.33. The van der Waals surface area contributed by atoms with Gasteiger partial charge in [0.15, 0.2) is 11.5 Å². The van der Waals surface area contributed by atoms with Crippen LogP contribution >= 0.6 is 0 Å². The molecule has 6 nitrogen and oxygen atoms in total. The quantitative estimate of drug-likeness (QED) is 0.805. The molecule has 0 saturated carbocycles. The lowest BCUT2D eigenvalue weighted by Crippen LogP contribution is -2.48. The van der Waals surface area contributed by atoms with Crippen LogP contribution in [0.15, 0.2) is 53.4 Å². The summed E-state index contributed by atoms with van der Waals surface area (Å²) < 4.78 is 38.9. The van der Waals surface area contributed by atoms with Gasteiger partial charge in [-0.05, 0) is 17.7 Å². The van der Waals surface area contributed by atoms with Crippen LogP contribution < -0.4 is 9.47 Å². The maximum Gasteiger partial charge on any atom is 0.243 e. The Morgan fingerprint density at radius 1 is 0.852 bits per heavy atom. The number of rotatable bonds is 4. The molecule has 2 heterocycles. The molecule has 144 valence electrons. The molecule has 0 amide bonds. The van der Waals surface area contributed by atoms with Gasteiger partial charge >= 0.3 is 0 Å². The number of piperazine rings is 1. The van der Waals surface area contributed by atoms with E-state index >= 15 is 0 Å². The van der Waals surface area contributed by atoms with E-state index in [-0.39, 0.29) is 4.90 Å². The molecule has 0 bridgehead atoms. The van der Waals surface area contributed by atoms with Gasteiger partial charge in [-0.1, -0.05) is 30.3 Å². The molecule has 0 N–H and O–H groups in total. The van der Waals surface area contributed by atoms with E-state index in [1.807, 2.05) is 18.2 Å². The first-order valence-electron chi connectivity index (χ1n) is 9.29. The summed E-state index contributed by atoms with van der Waals surface area (Å²) in [5.41, 5.74) is 1.25. The highest BCUT2D eigenvalue weighted by molar-refractivity contribution is 7.89. The third-order valence-electron chi connectivity index (χ3n) is 4.94. The van der Waals surface area contributed by atoms with E-state index in [1.165, 1.54) is 5.56 Å². The molecule has 0 radical (unpaired) electrons. The second-order valence-corrected chi connectivity index (χ2v) is 8.76. The van der Waals surface area contributed by atoms with E-state index in [0.717, 1.165) is 26.1 Å². The summed E-state index contributed by atoms with van der Waals surface area (Å²) in [4.78, 5) is 2.55. The lowest BCUT2D eigenvalue weighted by molar-refractivity contribution is 0.181. The molecule has 2 aliphatic heterocycles. The largest absolute Gasteiger partial charge is 0.490 e. The molecular weight excluding hydrogens is 364 g/mol. The van der Waals surface area contributed by atoms with Crippen molar-refractivity contribution in [2.45, 2.75) is 17.9 Å². The minimum Gasteiger partial charge on any atom is -0.490 e. The van der Waals surface area contributed by atoms with Crippen LogP contribution in [0.1, 0.15) is 12.0 Å². The van der Waals surface area contributed by atoms with E-state index in [9.17, 15) is 8.42 Å². The molecule has 4 rings (SSSR count). The first-order chi connectivity index (χ1) is 13.1. The Morgan fingerprint density at radius 3 is 2.30 bits per heavy atom. The molecule has 2 aromatic carbocycles. The molecule has 0 aromatic heterocycles. The molecule has 27 heavy (non-hydrogen) atoms. The van der Waals surface area contributed by atoms with Gasteiger partial charge in [-0.3, -0.25) is 4.90 Å². The summed E-state index contributed by atoms with van der Waals surface area (Å²) >= 11 is 0. The van der Waals surface area contributed by atoms with Crippen molar-refractivity contribution in [3.63, 3.8) is 0 Å². The van der Waals surface area contributed by atoms with Gasteiger partial charge in [0.05, 0.1) is 18.1 Å². The minimum absolute atomic E-state index is 0.267. The molecule has 0 unspecified atom stereocenters. The fourth-order valence-corrected chi connectivity index (χ4v) is 4.86. The molecular formula is C20H24N2O4S. The zero-order chi connectivity index (χ0) is 18.7. The molecule has 7 heteroatoms. The Labute approximate surface area is 160 Å². The van der Waals surface area contributed by atoms with Gasteiger partial charge < -0.3 is 9.47 Å². The van der Waals surface area contributed by atoms with Crippen molar-refractivity contribution in [1.82, 2.24) is 9.21 Å². The number of hydrogen-bond donors (Lipinski definition) is 0. The Hall–Kier alpha value is -2.09. The Morgan fingerprint density at radius 2 is 1.56 bits per heavy atom.